The lowest BCUT2D eigenvalue weighted by molar-refractivity contribution is 1.09. The highest BCUT2D eigenvalue weighted by molar-refractivity contribution is 5.74. The van der Waals surface area contributed by atoms with Crippen LogP contribution in [0.5, 0.6) is 0 Å². The van der Waals surface area contributed by atoms with E-state index in [9.17, 15) is 0 Å². The van der Waals surface area contributed by atoms with Crippen molar-refractivity contribution >= 4 is 5.69 Å². The smallest absolute Gasteiger partial charge is 0.0884 e. The Labute approximate surface area is 96.1 Å². The summed E-state index contributed by atoms with van der Waals surface area (Å²) in [5.74, 6) is 0. The molecule has 0 bridgehead atoms. The number of hydrogen-bond donors (Lipinski definition) is 1. The largest absolute Gasteiger partial charge is 0.375 e. The molecule has 0 saturated heterocycles. The average molecular weight is 215 g/mol. The molecule has 1 heterocycles. The Morgan fingerprint density at radius 3 is 2.81 bits per heavy atom. The molecule has 1 aromatic heterocycles. The molecule has 0 unspecified atom stereocenters. The van der Waals surface area contributed by atoms with E-state index in [2.05, 4.69) is 46.3 Å². The fraction of sp³-hybridized carbons (Fsp3) is 0.308. The van der Waals surface area contributed by atoms with Gasteiger partial charge < -0.3 is 4.90 Å². The molecule has 0 fully saturated rings. The molecule has 0 aliphatic carbocycles. The summed E-state index contributed by atoms with van der Waals surface area (Å²) in [6.07, 6.45) is 2.91. The third-order valence-corrected chi connectivity index (χ3v) is 2.73. The molecule has 16 heavy (non-hydrogen) atoms. The topological polar surface area (TPSA) is 31.9 Å². The van der Waals surface area contributed by atoms with Gasteiger partial charge in [-0.15, -0.1) is 0 Å². The lowest BCUT2D eigenvalue weighted by Crippen LogP contribution is -2.08. The van der Waals surface area contributed by atoms with Crippen molar-refractivity contribution in [3.63, 3.8) is 0 Å². The number of anilines is 1. The van der Waals surface area contributed by atoms with Gasteiger partial charge in [-0.3, -0.25) is 5.10 Å². The number of benzene rings is 1. The van der Waals surface area contributed by atoms with E-state index in [4.69, 9.17) is 0 Å². The van der Waals surface area contributed by atoms with E-state index in [1.165, 1.54) is 11.1 Å². The van der Waals surface area contributed by atoms with Crippen LogP contribution in [0.15, 0.2) is 30.5 Å². The number of hydrogen-bond acceptors (Lipinski definition) is 2. The van der Waals surface area contributed by atoms with Crippen LogP contribution >= 0.6 is 0 Å². The lowest BCUT2D eigenvalue weighted by Gasteiger charge is -2.12. The maximum atomic E-state index is 4.11. The summed E-state index contributed by atoms with van der Waals surface area (Å²) in [5, 5.41) is 7.17. The van der Waals surface area contributed by atoms with E-state index in [1.807, 2.05) is 20.3 Å². The molecule has 2 rings (SSSR count). The van der Waals surface area contributed by atoms with Gasteiger partial charge in [-0.05, 0) is 18.1 Å². The number of rotatable bonds is 3. The predicted molar refractivity (Wildman–Crippen MR) is 67.7 cm³/mol. The van der Waals surface area contributed by atoms with Gasteiger partial charge in [0, 0.05) is 19.7 Å². The van der Waals surface area contributed by atoms with E-state index in [0.29, 0.717) is 0 Å². The number of H-pyrrole nitrogens is 1. The van der Waals surface area contributed by atoms with Crippen LogP contribution in [0, 0.1) is 0 Å². The second kappa shape index (κ2) is 4.39. The molecule has 1 N–H and O–H groups in total. The fourth-order valence-electron chi connectivity index (χ4n) is 1.78. The van der Waals surface area contributed by atoms with E-state index in [0.717, 1.165) is 17.8 Å². The Morgan fingerprint density at radius 2 is 2.12 bits per heavy atom. The van der Waals surface area contributed by atoms with Crippen molar-refractivity contribution in [3.05, 3.63) is 36.0 Å². The monoisotopic (exact) mass is 215 g/mol. The molecule has 0 radical (unpaired) electrons. The molecule has 0 saturated carbocycles. The highest BCUT2D eigenvalue weighted by Crippen LogP contribution is 2.27. The molecule has 0 amide bonds. The van der Waals surface area contributed by atoms with Crippen LogP contribution in [0.4, 0.5) is 5.69 Å². The maximum absolute atomic E-state index is 4.11. The molecule has 0 aliphatic heterocycles. The molecule has 3 heteroatoms. The zero-order valence-corrected chi connectivity index (χ0v) is 9.99. The average Bonchev–Trinajstić information content (AvgIpc) is 2.78. The lowest BCUT2D eigenvalue weighted by atomic mass is 10.1. The second-order valence-corrected chi connectivity index (χ2v) is 4.08. The zero-order valence-electron chi connectivity index (χ0n) is 9.99. The summed E-state index contributed by atoms with van der Waals surface area (Å²) in [6.45, 7) is 2.17. The van der Waals surface area contributed by atoms with Crippen LogP contribution in [0.3, 0.4) is 0 Å². The quantitative estimate of drug-likeness (QED) is 0.853. The van der Waals surface area contributed by atoms with Crippen LogP contribution in [0.2, 0.25) is 0 Å². The summed E-state index contributed by atoms with van der Waals surface area (Å²) in [7, 11) is 4.05. The van der Waals surface area contributed by atoms with Crippen LogP contribution in [-0.2, 0) is 6.42 Å². The minimum atomic E-state index is 1.05. The van der Waals surface area contributed by atoms with Crippen molar-refractivity contribution in [1.82, 2.24) is 10.2 Å². The van der Waals surface area contributed by atoms with Crippen LogP contribution < -0.4 is 4.90 Å². The first kappa shape index (κ1) is 10.7. The first-order valence-corrected chi connectivity index (χ1v) is 5.52. The molecular formula is C13H17N3. The van der Waals surface area contributed by atoms with Gasteiger partial charge >= 0.3 is 0 Å². The zero-order chi connectivity index (χ0) is 11.5. The van der Waals surface area contributed by atoms with E-state index in [-0.39, 0.29) is 0 Å². The summed E-state index contributed by atoms with van der Waals surface area (Å²) >= 11 is 0. The highest BCUT2D eigenvalue weighted by atomic mass is 15.2. The van der Waals surface area contributed by atoms with Gasteiger partial charge in [0.1, 0.15) is 0 Å². The normalized spacial score (nSPS) is 10.4. The Morgan fingerprint density at radius 1 is 1.31 bits per heavy atom. The van der Waals surface area contributed by atoms with Gasteiger partial charge in [-0.2, -0.15) is 5.10 Å². The van der Waals surface area contributed by atoms with Crippen LogP contribution in [0.1, 0.15) is 12.5 Å². The first-order chi connectivity index (χ1) is 7.72. The maximum Gasteiger partial charge on any atom is 0.0884 e. The number of aromatic amines is 1. The number of nitrogens with zero attached hydrogens (tertiary/aromatic N) is 2. The summed E-state index contributed by atoms with van der Waals surface area (Å²) in [5.41, 5.74) is 4.74. The van der Waals surface area contributed by atoms with Crippen molar-refractivity contribution in [1.29, 1.82) is 0 Å². The van der Waals surface area contributed by atoms with E-state index >= 15 is 0 Å². The Hall–Kier alpha value is -1.77. The molecule has 3 nitrogen and oxygen atoms in total. The summed E-state index contributed by atoms with van der Waals surface area (Å²) in [4.78, 5) is 2.07. The number of aryl methyl sites for hydroxylation is 1. The van der Waals surface area contributed by atoms with Crippen molar-refractivity contribution in [2.45, 2.75) is 13.3 Å². The van der Waals surface area contributed by atoms with Crippen molar-refractivity contribution in [3.8, 4) is 11.3 Å². The summed E-state index contributed by atoms with van der Waals surface area (Å²) < 4.78 is 0. The highest BCUT2D eigenvalue weighted by Gasteiger charge is 2.09. The van der Waals surface area contributed by atoms with Gasteiger partial charge in [-0.1, -0.05) is 25.1 Å². The first-order valence-electron chi connectivity index (χ1n) is 5.52. The predicted octanol–water partition coefficient (Wildman–Crippen LogP) is 2.71. The number of nitrogens with one attached hydrogen (secondary N) is 1. The molecule has 0 atom stereocenters. The molecular weight excluding hydrogens is 198 g/mol. The minimum absolute atomic E-state index is 1.05. The van der Waals surface area contributed by atoms with Crippen molar-refractivity contribution in [2.24, 2.45) is 0 Å². The third kappa shape index (κ3) is 1.94. The van der Waals surface area contributed by atoms with Gasteiger partial charge in [0.25, 0.3) is 0 Å². The third-order valence-electron chi connectivity index (χ3n) is 2.73. The molecule has 0 spiro atoms. The van der Waals surface area contributed by atoms with Gasteiger partial charge in [-0.25, -0.2) is 0 Å². The fourth-order valence-corrected chi connectivity index (χ4v) is 1.78. The Kier molecular flexibility index (Phi) is 2.95. The van der Waals surface area contributed by atoms with Crippen LogP contribution in [0.25, 0.3) is 11.3 Å². The SMILES string of the molecule is CCc1cccc(-c2[nH]ncc2N(C)C)c1. The van der Waals surface area contributed by atoms with E-state index in [1.54, 1.807) is 0 Å². The Bertz CT molecular complexity index is 472. The van der Waals surface area contributed by atoms with Crippen molar-refractivity contribution in [2.75, 3.05) is 19.0 Å². The van der Waals surface area contributed by atoms with Crippen LogP contribution in [-0.4, -0.2) is 24.3 Å². The molecule has 0 aliphatic rings. The van der Waals surface area contributed by atoms with Gasteiger partial charge in [0.15, 0.2) is 0 Å². The second-order valence-electron chi connectivity index (χ2n) is 4.08. The standard InChI is InChI=1S/C13H17N3/c1-4-10-6-5-7-11(8-10)13-12(16(2)3)9-14-15-13/h5-9H,4H2,1-3H3,(H,14,15). The Balaban J connectivity index is 2.46. The molecule has 84 valence electrons. The molecule has 1 aromatic carbocycles. The minimum Gasteiger partial charge on any atom is -0.375 e. The molecule has 2 aromatic rings. The van der Waals surface area contributed by atoms with Gasteiger partial charge in [0.2, 0.25) is 0 Å². The van der Waals surface area contributed by atoms with E-state index < -0.39 is 0 Å². The number of aromatic nitrogens is 2. The van der Waals surface area contributed by atoms with Crippen molar-refractivity contribution < 1.29 is 0 Å². The van der Waals surface area contributed by atoms with Gasteiger partial charge in [0.05, 0.1) is 17.6 Å². The summed E-state index contributed by atoms with van der Waals surface area (Å²) in [6, 6.07) is 8.56.